The second kappa shape index (κ2) is 3.87. The lowest BCUT2D eigenvalue weighted by molar-refractivity contribution is -0.128. The van der Waals surface area contributed by atoms with Crippen LogP contribution in [0, 0.1) is 0 Å². The Morgan fingerprint density at radius 1 is 1.43 bits per heavy atom. The third kappa shape index (κ3) is 1.77. The molecular formula is C10H18N2O2. The van der Waals surface area contributed by atoms with Crippen molar-refractivity contribution in [2.45, 2.75) is 43.9 Å². The Hall–Kier alpha value is -0.610. The van der Waals surface area contributed by atoms with Crippen molar-refractivity contribution < 1.29 is 9.90 Å². The summed E-state index contributed by atoms with van der Waals surface area (Å²) in [5.74, 6) is 0.170. The first kappa shape index (κ1) is 9.93. The fraction of sp³-hybridized carbons (Fsp3) is 0.900. The van der Waals surface area contributed by atoms with Crippen molar-refractivity contribution in [3.05, 3.63) is 0 Å². The lowest BCUT2D eigenvalue weighted by Gasteiger charge is -2.20. The molecule has 4 nitrogen and oxygen atoms in total. The van der Waals surface area contributed by atoms with Crippen LogP contribution < -0.4 is 5.32 Å². The number of nitrogens with one attached hydrogen (secondary N) is 1. The Kier molecular flexibility index (Phi) is 2.74. The number of likely N-dealkylation sites (tertiary alicyclic amines) is 1. The molecule has 2 aliphatic rings. The van der Waals surface area contributed by atoms with Crippen molar-refractivity contribution in [3.8, 4) is 0 Å². The van der Waals surface area contributed by atoms with Gasteiger partial charge in [-0.3, -0.25) is 4.79 Å². The first-order chi connectivity index (χ1) is 6.68. The van der Waals surface area contributed by atoms with Gasteiger partial charge in [0.1, 0.15) is 0 Å². The molecule has 3 atom stereocenters. The number of hydrogen-bond donors (Lipinski definition) is 2. The molecule has 1 amide bonds. The van der Waals surface area contributed by atoms with Gasteiger partial charge in [-0.25, -0.2) is 0 Å². The van der Waals surface area contributed by atoms with E-state index in [0.29, 0.717) is 0 Å². The number of carbonyl (C=O) groups is 1. The van der Waals surface area contributed by atoms with Crippen LogP contribution in [0.25, 0.3) is 0 Å². The zero-order chi connectivity index (χ0) is 10.1. The van der Waals surface area contributed by atoms with Crippen LogP contribution >= 0.6 is 0 Å². The minimum Gasteiger partial charge on any atom is -0.392 e. The summed E-state index contributed by atoms with van der Waals surface area (Å²) in [6.45, 7) is 0.833. The van der Waals surface area contributed by atoms with Crippen LogP contribution in [0.15, 0.2) is 0 Å². The van der Waals surface area contributed by atoms with E-state index in [1.807, 2.05) is 7.05 Å². The molecule has 0 aromatic carbocycles. The van der Waals surface area contributed by atoms with Crippen LogP contribution in [0.4, 0.5) is 0 Å². The number of aliphatic hydroxyl groups is 1. The number of rotatable bonds is 2. The van der Waals surface area contributed by atoms with E-state index in [0.717, 1.165) is 32.2 Å². The maximum atomic E-state index is 11.6. The molecule has 0 radical (unpaired) electrons. The Morgan fingerprint density at radius 2 is 2.21 bits per heavy atom. The molecule has 2 fully saturated rings. The predicted octanol–water partition coefficient (Wildman–Crippen LogP) is -0.280. The van der Waals surface area contributed by atoms with Crippen LogP contribution in [0.1, 0.15) is 25.7 Å². The minimum absolute atomic E-state index is 0.0576. The zero-order valence-corrected chi connectivity index (χ0v) is 8.57. The predicted molar refractivity (Wildman–Crippen MR) is 52.8 cm³/mol. The van der Waals surface area contributed by atoms with Gasteiger partial charge < -0.3 is 15.3 Å². The summed E-state index contributed by atoms with van der Waals surface area (Å²) in [6.07, 6.45) is 3.55. The topological polar surface area (TPSA) is 52.6 Å². The van der Waals surface area contributed by atoms with Crippen LogP contribution in [0.3, 0.4) is 0 Å². The van der Waals surface area contributed by atoms with Crippen LogP contribution in [0.2, 0.25) is 0 Å². The quantitative estimate of drug-likeness (QED) is 0.641. The highest BCUT2D eigenvalue weighted by Gasteiger charge is 2.34. The van der Waals surface area contributed by atoms with Gasteiger partial charge in [0.2, 0.25) is 5.91 Å². The molecule has 1 heterocycles. The zero-order valence-electron chi connectivity index (χ0n) is 8.57. The summed E-state index contributed by atoms with van der Waals surface area (Å²) in [4.78, 5) is 13.3. The smallest absolute Gasteiger partial charge is 0.239 e. The molecule has 2 rings (SSSR count). The van der Waals surface area contributed by atoms with E-state index in [2.05, 4.69) is 5.32 Å². The highest BCUT2D eigenvalue weighted by Crippen LogP contribution is 2.21. The summed E-state index contributed by atoms with van der Waals surface area (Å²) in [5, 5.41) is 12.9. The van der Waals surface area contributed by atoms with Crippen molar-refractivity contribution >= 4 is 5.91 Å². The lowest BCUT2D eigenvalue weighted by Crippen LogP contribution is -2.46. The molecule has 1 aliphatic carbocycles. The molecule has 80 valence electrons. The molecule has 0 aromatic heterocycles. The van der Waals surface area contributed by atoms with Crippen molar-refractivity contribution in [1.29, 1.82) is 0 Å². The van der Waals surface area contributed by atoms with Crippen molar-refractivity contribution in [2.24, 2.45) is 0 Å². The third-order valence-corrected chi connectivity index (χ3v) is 3.32. The largest absolute Gasteiger partial charge is 0.392 e. The normalized spacial score (nSPS) is 38.3. The third-order valence-electron chi connectivity index (χ3n) is 3.32. The average molecular weight is 198 g/mol. The monoisotopic (exact) mass is 198 g/mol. The summed E-state index contributed by atoms with van der Waals surface area (Å²) in [6, 6.07) is 0.0770. The fourth-order valence-electron chi connectivity index (χ4n) is 2.37. The van der Waals surface area contributed by atoms with Crippen molar-refractivity contribution in [3.63, 3.8) is 0 Å². The van der Waals surface area contributed by atoms with Gasteiger partial charge in [-0.15, -0.1) is 0 Å². The van der Waals surface area contributed by atoms with E-state index in [-0.39, 0.29) is 24.1 Å². The van der Waals surface area contributed by atoms with Gasteiger partial charge in [0.05, 0.1) is 12.1 Å². The maximum absolute atomic E-state index is 11.6. The van der Waals surface area contributed by atoms with Gasteiger partial charge in [-0.05, 0) is 25.7 Å². The second-order valence-electron chi connectivity index (χ2n) is 4.37. The number of aliphatic hydroxyl groups excluding tert-OH is 1. The summed E-state index contributed by atoms with van der Waals surface area (Å²) >= 11 is 0. The summed E-state index contributed by atoms with van der Waals surface area (Å²) in [5.41, 5.74) is 0. The maximum Gasteiger partial charge on any atom is 0.239 e. The number of hydrogen-bond acceptors (Lipinski definition) is 3. The van der Waals surface area contributed by atoms with E-state index >= 15 is 0 Å². The van der Waals surface area contributed by atoms with Gasteiger partial charge in [-0.2, -0.15) is 0 Å². The minimum atomic E-state index is -0.256. The van der Waals surface area contributed by atoms with E-state index in [4.69, 9.17) is 0 Å². The molecule has 1 unspecified atom stereocenters. The number of carbonyl (C=O) groups excluding carboxylic acids is 1. The van der Waals surface area contributed by atoms with Crippen molar-refractivity contribution in [1.82, 2.24) is 10.2 Å². The van der Waals surface area contributed by atoms with Crippen LogP contribution in [-0.2, 0) is 4.79 Å². The van der Waals surface area contributed by atoms with Crippen molar-refractivity contribution in [2.75, 3.05) is 13.6 Å². The number of amides is 1. The molecule has 4 heteroatoms. The molecule has 1 saturated heterocycles. The highest BCUT2D eigenvalue weighted by molar-refractivity contribution is 5.83. The molecule has 1 aliphatic heterocycles. The molecule has 0 bridgehead atoms. The molecular weight excluding hydrogens is 180 g/mol. The molecule has 0 aromatic rings. The summed E-state index contributed by atoms with van der Waals surface area (Å²) < 4.78 is 0. The van der Waals surface area contributed by atoms with E-state index in [1.54, 1.807) is 4.90 Å². The van der Waals surface area contributed by atoms with Gasteiger partial charge in [0.15, 0.2) is 0 Å². The second-order valence-corrected chi connectivity index (χ2v) is 4.37. The SMILES string of the molecule is CN1CCC(N[C@H]2CCC[C@@H]2O)C1=O. The Labute approximate surface area is 84.3 Å². The van der Waals surface area contributed by atoms with Gasteiger partial charge in [0, 0.05) is 19.6 Å². The molecule has 2 N–H and O–H groups in total. The van der Waals surface area contributed by atoms with Gasteiger partial charge >= 0.3 is 0 Å². The first-order valence-corrected chi connectivity index (χ1v) is 5.37. The van der Waals surface area contributed by atoms with Gasteiger partial charge in [0.25, 0.3) is 0 Å². The van der Waals surface area contributed by atoms with E-state index < -0.39 is 0 Å². The number of nitrogens with zero attached hydrogens (tertiary/aromatic N) is 1. The standard InChI is InChI=1S/C10H18N2O2/c1-12-6-5-8(10(12)14)11-7-3-2-4-9(7)13/h7-9,11,13H,2-6H2,1H3/t7-,8?,9-/m0/s1. The lowest BCUT2D eigenvalue weighted by atomic mass is 10.1. The Balaban J connectivity index is 1.88. The number of likely N-dealkylation sites (N-methyl/N-ethyl adjacent to an activating group) is 1. The van der Waals surface area contributed by atoms with Crippen LogP contribution in [0.5, 0.6) is 0 Å². The average Bonchev–Trinajstić information content (AvgIpc) is 2.68. The highest BCUT2D eigenvalue weighted by atomic mass is 16.3. The Bertz CT molecular complexity index is 232. The molecule has 1 saturated carbocycles. The molecule has 14 heavy (non-hydrogen) atoms. The Morgan fingerprint density at radius 3 is 2.71 bits per heavy atom. The fourth-order valence-corrected chi connectivity index (χ4v) is 2.37. The molecule has 0 spiro atoms. The summed E-state index contributed by atoms with van der Waals surface area (Å²) in [7, 11) is 1.83. The van der Waals surface area contributed by atoms with E-state index in [9.17, 15) is 9.90 Å². The first-order valence-electron chi connectivity index (χ1n) is 5.37. The van der Waals surface area contributed by atoms with Crippen LogP contribution in [-0.4, -0.2) is 47.7 Å². The van der Waals surface area contributed by atoms with Gasteiger partial charge in [-0.1, -0.05) is 0 Å². The van der Waals surface area contributed by atoms with E-state index in [1.165, 1.54) is 0 Å².